The molecule has 4 aliphatic carbocycles. The number of carbonyl (C=O) groups is 1. The van der Waals surface area contributed by atoms with Crippen molar-refractivity contribution in [1.29, 1.82) is 0 Å². The van der Waals surface area contributed by atoms with Crippen LogP contribution in [0.1, 0.15) is 130 Å². The van der Waals surface area contributed by atoms with Crippen LogP contribution in [0.2, 0.25) is 0 Å². The summed E-state index contributed by atoms with van der Waals surface area (Å²) in [5.41, 5.74) is 4.74. The number of methoxy groups -OCH3 is 1. The average molecular weight is 670 g/mol. The first-order valence-electron chi connectivity index (χ1n) is 20.3. The highest BCUT2D eigenvalue weighted by atomic mass is 16.5. The highest BCUT2D eigenvalue weighted by Gasteiger charge is 2.59. The largest absolute Gasteiger partial charge is 0.497 e. The van der Waals surface area contributed by atoms with Gasteiger partial charge in [0.05, 0.1) is 13.7 Å². The number of esters is 1. The summed E-state index contributed by atoms with van der Waals surface area (Å²) < 4.78 is 16.4. The summed E-state index contributed by atoms with van der Waals surface area (Å²) in [5, 5.41) is 0. The topological polar surface area (TPSA) is 44.3 Å². The lowest BCUT2D eigenvalue weighted by atomic mass is 9.47. The molecule has 8 atom stereocenters. The molecule has 0 spiro atoms. The van der Waals surface area contributed by atoms with Gasteiger partial charge in [-0.1, -0.05) is 65.5 Å². The molecular weight excluding hydrogens is 604 g/mol. The van der Waals surface area contributed by atoms with E-state index in [1.54, 1.807) is 12.7 Å². The first-order valence-corrected chi connectivity index (χ1v) is 20.3. The molecule has 268 valence electrons. The predicted molar refractivity (Wildman–Crippen MR) is 197 cm³/mol. The zero-order valence-corrected chi connectivity index (χ0v) is 31.6. The van der Waals surface area contributed by atoms with Gasteiger partial charge in [0.15, 0.2) is 12.2 Å². The van der Waals surface area contributed by atoms with E-state index in [9.17, 15) is 4.79 Å². The molecular formula is C44H65N2O3+. The van der Waals surface area contributed by atoms with Crippen LogP contribution in [0.4, 0.5) is 0 Å². The fourth-order valence-electron chi connectivity index (χ4n) is 12.1. The van der Waals surface area contributed by atoms with E-state index < -0.39 is 0 Å². The van der Waals surface area contributed by atoms with Crippen LogP contribution in [0.15, 0.2) is 42.1 Å². The molecule has 2 heterocycles. The van der Waals surface area contributed by atoms with E-state index >= 15 is 0 Å². The number of aromatic nitrogens is 2. The fourth-order valence-corrected chi connectivity index (χ4v) is 12.1. The van der Waals surface area contributed by atoms with Gasteiger partial charge in [-0.3, -0.25) is 0 Å². The predicted octanol–water partition coefficient (Wildman–Crippen LogP) is 10.1. The molecule has 3 fully saturated rings. The van der Waals surface area contributed by atoms with Crippen LogP contribution < -0.4 is 9.30 Å². The van der Waals surface area contributed by atoms with Crippen LogP contribution >= 0.6 is 0 Å². The summed E-state index contributed by atoms with van der Waals surface area (Å²) in [6.45, 7) is 13.9. The minimum absolute atomic E-state index is 0.00246. The Morgan fingerprint density at radius 1 is 0.980 bits per heavy atom. The van der Waals surface area contributed by atoms with Crippen LogP contribution in [0.5, 0.6) is 5.75 Å². The van der Waals surface area contributed by atoms with Gasteiger partial charge >= 0.3 is 5.97 Å². The second-order valence-corrected chi connectivity index (χ2v) is 17.9. The first kappa shape index (κ1) is 34.9. The third-order valence-corrected chi connectivity index (χ3v) is 14.7. The Balaban J connectivity index is 1.00. The third kappa shape index (κ3) is 6.66. The molecule has 0 N–H and O–H groups in total. The van der Waals surface area contributed by atoms with Crippen molar-refractivity contribution in [3.05, 3.63) is 47.9 Å². The number of hydrogen-bond acceptors (Lipinski definition) is 3. The summed E-state index contributed by atoms with van der Waals surface area (Å²) in [4.78, 5) is 13.6. The molecule has 5 heteroatoms. The van der Waals surface area contributed by atoms with E-state index in [-0.39, 0.29) is 17.5 Å². The van der Waals surface area contributed by atoms with E-state index in [4.69, 9.17) is 9.47 Å². The molecule has 0 radical (unpaired) electrons. The zero-order valence-electron chi connectivity index (χ0n) is 31.6. The molecule has 1 aliphatic heterocycles. The van der Waals surface area contributed by atoms with Crippen LogP contribution in [0, 0.1) is 46.3 Å². The Labute approximate surface area is 297 Å². The summed E-state index contributed by atoms with van der Waals surface area (Å²) in [7, 11) is 1.71. The van der Waals surface area contributed by atoms with Gasteiger partial charge in [0, 0.05) is 18.4 Å². The van der Waals surface area contributed by atoms with Crippen molar-refractivity contribution in [3.63, 3.8) is 0 Å². The smallest absolute Gasteiger partial charge is 0.348 e. The summed E-state index contributed by atoms with van der Waals surface area (Å²) >= 11 is 0. The lowest BCUT2D eigenvalue weighted by Crippen LogP contribution is -2.51. The van der Waals surface area contributed by atoms with Gasteiger partial charge in [0.25, 0.3) is 5.82 Å². The van der Waals surface area contributed by atoms with Crippen molar-refractivity contribution < 1.29 is 18.8 Å². The molecule has 5 nitrogen and oxygen atoms in total. The third-order valence-electron chi connectivity index (χ3n) is 14.7. The molecule has 7 rings (SSSR count). The average Bonchev–Trinajstić information content (AvgIpc) is 3.50. The maximum atomic E-state index is 13.6. The monoisotopic (exact) mass is 669 g/mol. The van der Waals surface area contributed by atoms with Crippen molar-refractivity contribution in [2.24, 2.45) is 46.3 Å². The number of nitrogens with zero attached hydrogens (tertiary/aromatic N) is 2. The van der Waals surface area contributed by atoms with Gasteiger partial charge in [-0.15, -0.1) is 0 Å². The molecule has 1 aromatic heterocycles. The lowest BCUT2D eigenvalue weighted by molar-refractivity contribution is -0.692. The fraction of sp³-hybridized carbons (Fsp3) is 0.727. The van der Waals surface area contributed by atoms with Gasteiger partial charge in [-0.25, -0.2) is 13.9 Å². The second-order valence-electron chi connectivity index (χ2n) is 17.9. The van der Waals surface area contributed by atoms with Crippen molar-refractivity contribution in [3.8, 4) is 17.0 Å². The van der Waals surface area contributed by atoms with E-state index in [2.05, 4.69) is 68.2 Å². The molecule has 3 saturated carbocycles. The molecule has 5 aliphatic rings. The van der Waals surface area contributed by atoms with E-state index in [1.165, 1.54) is 75.7 Å². The van der Waals surface area contributed by atoms with Crippen molar-refractivity contribution in [2.45, 2.75) is 150 Å². The molecule has 0 saturated heterocycles. The molecule has 0 amide bonds. The summed E-state index contributed by atoms with van der Waals surface area (Å²) in [5.74, 6) is 7.12. The molecule has 49 heavy (non-hydrogen) atoms. The molecule has 0 unspecified atom stereocenters. The minimum Gasteiger partial charge on any atom is -0.497 e. The summed E-state index contributed by atoms with van der Waals surface area (Å²) in [6, 6.07) is 8.31. The zero-order chi connectivity index (χ0) is 34.3. The number of rotatable bonds is 10. The maximum Gasteiger partial charge on any atom is 0.348 e. The van der Waals surface area contributed by atoms with E-state index in [1.807, 2.05) is 12.1 Å². The number of imidazole rings is 1. The number of allylic oxidation sites excluding steroid dienone is 1. The second kappa shape index (κ2) is 14.2. The molecule has 2 aromatic rings. The first-order chi connectivity index (χ1) is 23.6. The van der Waals surface area contributed by atoms with E-state index in [0.29, 0.717) is 12.0 Å². The molecule has 1 aromatic carbocycles. The van der Waals surface area contributed by atoms with Gasteiger partial charge < -0.3 is 9.47 Å². The van der Waals surface area contributed by atoms with Crippen molar-refractivity contribution in [2.75, 3.05) is 7.11 Å². The Bertz CT molecular complexity index is 1500. The number of fused-ring (bicyclic) bond motifs is 6. The minimum atomic E-state index is -0.0836. The quantitative estimate of drug-likeness (QED) is 0.144. The number of benzene rings is 1. The van der Waals surface area contributed by atoms with Gasteiger partial charge in [0.1, 0.15) is 18.1 Å². The highest BCUT2D eigenvalue weighted by molar-refractivity contribution is 5.68. The van der Waals surface area contributed by atoms with Gasteiger partial charge in [0.2, 0.25) is 0 Å². The Morgan fingerprint density at radius 3 is 2.57 bits per heavy atom. The Morgan fingerprint density at radius 2 is 1.80 bits per heavy atom. The van der Waals surface area contributed by atoms with Gasteiger partial charge in [-0.05, 0) is 135 Å². The number of ether oxygens (including phenoxy) is 2. The van der Waals surface area contributed by atoms with Gasteiger partial charge in [-0.2, -0.15) is 0 Å². The standard InChI is InChI=1S/C44H65N2O3/c1-30(2)11-10-12-31(3)37-20-21-38-36-19-16-33-27-35(22-24-43(33,4)39(36)23-25-44(37,38)5)49-42(47)29-45-28-40(32-14-17-34(48-6)18-15-32)46-26-9-7-8-13-41(45)46/h14-18,28,30-31,35-39H,7-13,19-27,29H2,1-6H3/q+1/t31-,35+,36-,37+,38-,39-,43+,44-/m1/s1. The normalized spacial score (nSPS) is 33.0. The maximum absolute atomic E-state index is 13.6. The number of carbonyl (C=O) groups excluding carboxylic acids is 1. The Hall–Kier alpha value is -2.56. The van der Waals surface area contributed by atoms with Crippen LogP contribution in [0.25, 0.3) is 11.3 Å². The lowest BCUT2D eigenvalue weighted by Gasteiger charge is -2.58. The van der Waals surface area contributed by atoms with Crippen LogP contribution in [-0.4, -0.2) is 23.8 Å². The highest BCUT2D eigenvalue weighted by Crippen LogP contribution is 2.67. The van der Waals surface area contributed by atoms with Crippen molar-refractivity contribution >= 4 is 5.97 Å². The molecule has 0 bridgehead atoms. The van der Waals surface area contributed by atoms with E-state index in [0.717, 1.165) is 85.5 Å². The number of hydrogen-bond donors (Lipinski definition) is 0. The van der Waals surface area contributed by atoms with Crippen LogP contribution in [-0.2, 0) is 29.0 Å². The SMILES string of the molecule is COc1ccc(-c2c[n+](CC(=O)O[C@H]3CC[C@@]4(C)C(=CC[C@@H]5[C@H]6CC[C@@H]([C@H](C)CCCC(C)C)[C@@]6(C)CC[C@H]54)C3)c3n2CCCCC3)cc1. The van der Waals surface area contributed by atoms with Crippen LogP contribution in [0.3, 0.4) is 0 Å². The Kier molecular flexibility index (Phi) is 10.1. The van der Waals surface area contributed by atoms with Crippen molar-refractivity contribution in [1.82, 2.24) is 4.57 Å². The summed E-state index contributed by atoms with van der Waals surface area (Å²) in [6.07, 6.45) is 23.6.